The molecule has 2 heterocycles. The predicted molar refractivity (Wildman–Crippen MR) is 79.3 cm³/mol. The number of hydrogen-bond acceptors (Lipinski definition) is 3. The molecule has 1 saturated heterocycles. The lowest BCUT2D eigenvalue weighted by atomic mass is 10.1. The maximum absolute atomic E-state index is 12.4. The Kier molecular flexibility index (Phi) is 4.14. The van der Waals surface area contributed by atoms with Crippen LogP contribution in [-0.2, 0) is 0 Å². The SMILES string of the molecule is Cc1cc(C(=O)N2CC(C)C(N(C)C)C2)sc1Br. The van der Waals surface area contributed by atoms with Crippen molar-refractivity contribution in [3.63, 3.8) is 0 Å². The highest BCUT2D eigenvalue weighted by Crippen LogP contribution is 2.30. The highest BCUT2D eigenvalue weighted by molar-refractivity contribution is 9.11. The van der Waals surface area contributed by atoms with Gasteiger partial charge in [0.05, 0.1) is 8.66 Å². The molecule has 2 rings (SSSR count). The first-order chi connectivity index (χ1) is 8.40. The number of aryl methyl sites for hydroxylation is 1. The van der Waals surface area contributed by atoms with E-state index in [4.69, 9.17) is 0 Å². The lowest BCUT2D eigenvalue weighted by Crippen LogP contribution is -2.35. The second kappa shape index (κ2) is 5.31. The minimum Gasteiger partial charge on any atom is -0.336 e. The minimum atomic E-state index is 0.171. The van der Waals surface area contributed by atoms with Gasteiger partial charge in [-0.05, 0) is 54.5 Å². The van der Waals surface area contributed by atoms with E-state index in [1.54, 1.807) is 0 Å². The van der Waals surface area contributed by atoms with Crippen molar-refractivity contribution in [2.24, 2.45) is 5.92 Å². The molecule has 1 amide bonds. The topological polar surface area (TPSA) is 23.6 Å². The maximum Gasteiger partial charge on any atom is 0.264 e. The highest BCUT2D eigenvalue weighted by atomic mass is 79.9. The van der Waals surface area contributed by atoms with Crippen LogP contribution in [0.1, 0.15) is 22.2 Å². The molecule has 0 radical (unpaired) electrons. The zero-order valence-electron chi connectivity index (χ0n) is 11.2. The zero-order chi connectivity index (χ0) is 13.4. The molecule has 1 aliphatic heterocycles. The van der Waals surface area contributed by atoms with Gasteiger partial charge in [0.15, 0.2) is 0 Å². The van der Waals surface area contributed by atoms with Crippen molar-refractivity contribution in [1.29, 1.82) is 0 Å². The molecular formula is C13H19BrN2OS. The fourth-order valence-corrected chi connectivity index (χ4v) is 4.01. The predicted octanol–water partition coefficient (Wildman–Crippen LogP) is 2.84. The number of carbonyl (C=O) groups excluding carboxylic acids is 1. The van der Waals surface area contributed by atoms with Crippen molar-refractivity contribution < 1.29 is 4.79 Å². The summed E-state index contributed by atoms with van der Waals surface area (Å²) in [5.41, 5.74) is 1.14. The molecule has 100 valence electrons. The largest absolute Gasteiger partial charge is 0.336 e. The van der Waals surface area contributed by atoms with E-state index in [2.05, 4.69) is 41.8 Å². The fourth-order valence-electron chi connectivity index (χ4n) is 2.51. The molecule has 3 nitrogen and oxygen atoms in total. The first-order valence-electron chi connectivity index (χ1n) is 6.11. The van der Waals surface area contributed by atoms with Gasteiger partial charge in [-0.3, -0.25) is 4.79 Å². The number of likely N-dealkylation sites (N-methyl/N-ethyl adjacent to an activating group) is 1. The molecule has 5 heteroatoms. The summed E-state index contributed by atoms with van der Waals surface area (Å²) in [5, 5.41) is 0. The van der Waals surface area contributed by atoms with Crippen LogP contribution < -0.4 is 0 Å². The van der Waals surface area contributed by atoms with Gasteiger partial charge < -0.3 is 9.80 Å². The van der Waals surface area contributed by atoms with Crippen LogP contribution in [0.4, 0.5) is 0 Å². The van der Waals surface area contributed by atoms with Crippen LogP contribution in [-0.4, -0.2) is 48.9 Å². The summed E-state index contributed by atoms with van der Waals surface area (Å²) in [6.07, 6.45) is 0. The molecule has 0 spiro atoms. The summed E-state index contributed by atoms with van der Waals surface area (Å²) in [6.45, 7) is 5.93. The van der Waals surface area contributed by atoms with Gasteiger partial charge in [-0.15, -0.1) is 11.3 Å². The number of likely N-dealkylation sites (tertiary alicyclic amines) is 1. The summed E-state index contributed by atoms with van der Waals surface area (Å²) in [4.78, 5) is 17.5. The Balaban J connectivity index is 2.12. The lowest BCUT2D eigenvalue weighted by Gasteiger charge is -2.22. The number of thiophene rings is 1. The van der Waals surface area contributed by atoms with Gasteiger partial charge in [-0.25, -0.2) is 0 Å². The van der Waals surface area contributed by atoms with Crippen molar-refractivity contribution >= 4 is 33.2 Å². The molecule has 1 aromatic rings. The van der Waals surface area contributed by atoms with Crippen molar-refractivity contribution in [3.8, 4) is 0 Å². The number of hydrogen-bond donors (Lipinski definition) is 0. The second-order valence-electron chi connectivity index (χ2n) is 5.29. The van der Waals surface area contributed by atoms with Crippen molar-refractivity contribution in [3.05, 3.63) is 20.3 Å². The Morgan fingerprint density at radius 2 is 2.17 bits per heavy atom. The molecular weight excluding hydrogens is 312 g/mol. The average molecular weight is 331 g/mol. The molecule has 1 fully saturated rings. The van der Waals surface area contributed by atoms with Crippen LogP contribution >= 0.6 is 27.3 Å². The smallest absolute Gasteiger partial charge is 0.264 e. The second-order valence-corrected chi connectivity index (χ2v) is 7.66. The molecule has 0 aromatic carbocycles. The zero-order valence-corrected chi connectivity index (χ0v) is 13.6. The Bertz CT molecular complexity index is 438. The summed E-state index contributed by atoms with van der Waals surface area (Å²) >= 11 is 5.01. The third-order valence-corrected chi connectivity index (χ3v) is 5.72. The van der Waals surface area contributed by atoms with E-state index in [0.29, 0.717) is 12.0 Å². The number of amides is 1. The Morgan fingerprint density at radius 1 is 1.50 bits per heavy atom. The number of rotatable bonds is 2. The van der Waals surface area contributed by atoms with Crippen LogP contribution in [0.25, 0.3) is 0 Å². The third kappa shape index (κ3) is 2.63. The third-order valence-electron chi connectivity index (χ3n) is 3.59. The van der Waals surface area contributed by atoms with E-state index in [0.717, 1.165) is 27.3 Å². The fraction of sp³-hybridized carbons (Fsp3) is 0.615. The standard InChI is InChI=1S/C13H19BrN2OS/c1-8-5-11(18-12(8)14)13(17)16-6-9(2)10(7-16)15(3)4/h5,9-10H,6-7H2,1-4H3. The van der Waals surface area contributed by atoms with Gasteiger partial charge in [-0.2, -0.15) is 0 Å². The molecule has 0 bridgehead atoms. The first-order valence-corrected chi connectivity index (χ1v) is 7.72. The molecule has 0 aliphatic carbocycles. The van der Waals surface area contributed by atoms with Crippen LogP contribution in [0.5, 0.6) is 0 Å². The van der Waals surface area contributed by atoms with E-state index in [9.17, 15) is 4.79 Å². The van der Waals surface area contributed by atoms with Gasteiger partial charge in [0.1, 0.15) is 0 Å². The van der Waals surface area contributed by atoms with Crippen LogP contribution in [0, 0.1) is 12.8 Å². The summed E-state index contributed by atoms with van der Waals surface area (Å²) in [7, 11) is 4.17. The normalized spacial score (nSPS) is 24.0. The van der Waals surface area contributed by atoms with Gasteiger partial charge in [0, 0.05) is 19.1 Å². The molecule has 1 aromatic heterocycles. The van der Waals surface area contributed by atoms with Crippen LogP contribution in [0.3, 0.4) is 0 Å². The van der Waals surface area contributed by atoms with Gasteiger partial charge in [0.25, 0.3) is 5.91 Å². The molecule has 1 aliphatic rings. The summed E-state index contributed by atoms with van der Waals surface area (Å²) in [6, 6.07) is 2.45. The molecule has 18 heavy (non-hydrogen) atoms. The Labute approximate surface area is 121 Å². The van der Waals surface area contributed by atoms with Gasteiger partial charge in [0.2, 0.25) is 0 Å². The van der Waals surface area contributed by atoms with E-state index in [1.807, 2.05) is 17.9 Å². The average Bonchev–Trinajstić information content (AvgIpc) is 2.82. The number of nitrogens with zero attached hydrogens (tertiary/aromatic N) is 2. The van der Waals surface area contributed by atoms with E-state index in [-0.39, 0.29) is 5.91 Å². The van der Waals surface area contributed by atoms with Crippen molar-refractivity contribution in [2.45, 2.75) is 19.9 Å². The van der Waals surface area contributed by atoms with E-state index < -0.39 is 0 Å². The summed E-state index contributed by atoms with van der Waals surface area (Å²) < 4.78 is 1.06. The number of halogens is 1. The van der Waals surface area contributed by atoms with E-state index >= 15 is 0 Å². The molecule has 2 unspecified atom stereocenters. The molecule has 0 N–H and O–H groups in total. The Morgan fingerprint density at radius 3 is 2.61 bits per heavy atom. The van der Waals surface area contributed by atoms with Gasteiger partial charge >= 0.3 is 0 Å². The monoisotopic (exact) mass is 330 g/mol. The maximum atomic E-state index is 12.4. The minimum absolute atomic E-state index is 0.171. The van der Waals surface area contributed by atoms with Crippen molar-refractivity contribution in [2.75, 3.05) is 27.2 Å². The summed E-state index contributed by atoms with van der Waals surface area (Å²) in [5.74, 6) is 0.707. The van der Waals surface area contributed by atoms with Gasteiger partial charge in [-0.1, -0.05) is 6.92 Å². The number of carbonyl (C=O) groups is 1. The van der Waals surface area contributed by atoms with Crippen LogP contribution in [0.2, 0.25) is 0 Å². The highest BCUT2D eigenvalue weighted by Gasteiger charge is 2.34. The first kappa shape index (κ1) is 14.0. The van der Waals surface area contributed by atoms with E-state index in [1.165, 1.54) is 11.3 Å². The molecule has 2 atom stereocenters. The quantitative estimate of drug-likeness (QED) is 0.832. The molecule has 0 saturated carbocycles. The van der Waals surface area contributed by atoms with Crippen LogP contribution in [0.15, 0.2) is 9.85 Å². The van der Waals surface area contributed by atoms with Crippen molar-refractivity contribution in [1.82, 2.24) is 9.80 Å². The lowest BCUT2D eigenvalue weighted by molar-refractivity contribution is 0.0786. The Hall–Kier alpha value is -0.390.